The molecule has 34 heavy (non-hydrogen) atoms. The van der Waals surface area contributed by atoms with Crippen LogP contribution in [0, 0.1) is 6.92 Å². The van der Waals surface area contributed by atoms with Crippen molar-refractivity contribution in [1.82, 2.24) is 14.7 Å². The Labute approximate surface area is 197 Å². The van der Waals surface area contributed by atoms with E-state index < -0.39 is 6.10 Å². The number of aromatic nitrogens is 2. The average Bonchev–Trinajstić information content (AvgIpc) is 3.09. The molecule has 0 radical (unpaired) electrons. The van der Waals surface area contributed by atoms with Crippen LogP contribution in [0.5, 0.6) is 17.2 Å². The van der Waals surface area contributed by atoms with Crippen molar-refractivity contribution in [3.8, 4) is 17.2 Å². The molecule has 0 saturated carbocycles. The Morgan fingerprint density at radius 1 is 1.06 bits per heavy atom. The van der Waals surface area contributed by atoms with Crippen molar-refractivity contribution >= 4 is 17.6 Å². The van der Waals surface area contributed by atoms with Crippen LogP contribution in [0.25, 0.3) is 0 Å². The summed E-state index contributed by atoms with van der Waals surface area (Å²) in [4.78, 5) is 27.1. The Kier molecular flexibility index (Phi) is 6.83. The zero-order valence-corrected chi connectivity index (χ0v) is 19.4. The number of hydrogen-bond donors (Lipinski definition) is 2. The molecule has 1 aliphatic heterocycles. The smallest absolute Gasteiger partial charge is 0.257 e. The quantitative estimate of drug-likeness (QED) is 0.530. The number of carbonyl (C=O) groups excluding carboxylic acids is 2. The van der Waals surface area contributed by atoms with Gasteiger partial charge >= 0.3 is 0 Å². The molecular weight excluding hydrogens is 436 g/mol. The lowest BCUT2D eigenvalue weighted by Crippen LogP contribution is -2.41. The topological polar surface area (TPSA) is 106 Å². The normalized spacial score (nSPS) is 13.7. The van der Waals surface area contributed by atoms with E-state index in [1.165, 1.54) is 0 Å². The number of aliphatic hydroxyl groups excluding tert-OH is 1. The van der Waals surface area contributed by atoms with Gasteiger partial charge in [0, 0.05) is 49.1 Å². The Balaban J connectivity index is 1.54. The van der Waals surface area contributed by atoms with E-state index in [-0.39, 0.29) is 18.4 Å². The number of likely N-dealkylation sites (tertiary alicyclic amines) is 1. The molecule has 2 N–H and O–H groups in total. The van der Waals surface area contributed by atoms with Crippen LogP contribution >= 0.6 is 0 Å². The second-order valence-corrected chi connectivity index (χ2v) is 8.33. The molecule has 4 rings (SSSR count). The minimum atomic E-state index is -0.462. The molecule has 178 valence electrons. The molecule has 2 amide bonds. The van der Waals surface area contributed by atoms with Gasteiger partial charge in [0.2, 0.25) is 0 Å². The SMILES string of the molecule is Cc1cc(NC(=O)c2cc(Oc3ccc(C(=O)N4CCC4)cc3)cc(OC(C)CO)c2)nn1C. The van der Waals surface area contributed by atoms with E-state index in [9.17, 15) is 14.7 Å². The maximum atomic E-state index is 12.9. The number of aliphatic hydroxyl groups is 1. The lowest BCUT2D eigenvalue weighted by atomic mass is 10.1. The van der Waals surface area contributed by atoms with Gasteiger partial charge in [0.25, 0.3) is 11.8 Å². The molecule has 0 spiro atoms. The third-order valence-corrected chi connectivity index (χ3v) is 5.57. The molecule has 1 atom stereocenters. The van der Waals surface area contributed by atoms with Gasteiger partial charge in [-0.05, 0) is 56.7 Å². The minimum absolute atomic E-state index is 0.00917. The maximum Gasteiger partial charge on any atom is 0.257 e. The van der Waals surface area contributed by atoms with Crippen LogP contribution in [0.15, 0.2) is 48.5 Å². The molecule has 0 aliphatic carbocycles. The van der Waals surface area contributed by atoms with E-state index in [0.717, 1.165) is 25.2 Å². The summed E-state index contributed by atoms with van der Waals surface area (Å²) in [5, 5.41) is 16.4. The second kappa shape index (κ2) is 9.96. The zero-order chi connectivity index (χ0) is 24.2. The molecule has 2 heterocycles. The number of benzene rings is 2. The van der Waals surface area contributed by atoms with Crippen molar-refractivity contribution in [2.24, 2.45) is 7.05 Å². The number of carbonyl (C=O) groups is 2. The van der Waals surface area contributed by atoms with Gasteiger partial charge in [-0.1, -0.05) is 0 Å². The molecule has 3 aromatic rings. The van der Waals surface area contributed by atoms with Gasteiger partial charge < -0.3 is 24.8 Å². The highest BCUT2D eigenvalue weighted by Gasteiger charge is 2.21. The highest BCUT2D eigenvalue weighted by atomic mass is 16.5. The van der Waals surface area contributed by atoms with Crippen LogP contribution in [0.2, 0.25) is 0 Å². The van der Waals surface area contributed by atoms with Crippen molar-refractivity contribution in [1.29, 1.82) is 0 Å². The fourth-order valence-electron chi connectivity index (χ4n) is 3.41. The fraction of sp³-hybridized carbons (Fsp3) is 0.320. The Bertz CT molecular complexity index is 1170. The average molecular weight is 465 g/mol. The first kappa shape index (κ1) is 23.3. The summed E-state index contributed by atoms with van der Waals surface area (Å²) in [6.07, 6.45) is 0.576. The van der Waals surface area contributed by atoms with Gasteiger partial charge in [-0.25, -0.2) is 0 Å². The van der Waals surface area contributed by atoms with E-state index in [1.807, 2.05) is 6.92 Å². The number of rotatable bonds is 8. The zero-order valence-electron chi connectivity index (χ0n) is 19.4. The predicted molar refractivity (Wildman–Crippen MR) is 127 cm³/mol. The van der Waals surface area contributed by atoms with Gasteiger partial charge in [0.15, 0.2) is 5.82 Å². The van der Waals surface area contributed by atoms with Gasteiger partial charge in [0.1, 0.15) is 23.4 Å². The van der Waals surface area contributed by atoms with Crippen LogP contribution in [0.4, 0.5) is 5.82 Å². The van der Waals surface area contributed by atoms with Crippen molar-refractivity contribution in [3.05, 3.63) is 65.4 Å². The van der Waals surface area contributed by atoms with E-state index in [1.54, 1.807) is 72.1 Å². The number of nitrogens with zero attached hydrogens (tertiary/aromatic N) is 3. The molecule has 1 unspecified atom stereocenters. The number of amides is 2. The number of hydrogen-bond acceptors (Lipinski definition) is 6. The van der Waals surface area contributed by atoms with Crippen molar-refractivity contribution < 1.29 is 24.2 Å². The van der Waals surface area contributed by atoms with Crippen LogP contribution in [0.1, 0.15) is 39.8 Å². The van der Waals surface area contributed by atoms with Crippen molar-refractivity contribution in [2.45, 2.75) is 26.4 Å². The predicted octanol–water partition coefficient (Wildman–Crippen LogP) is 3.38. The monoisotopic (exact) mass is 464 g/mol. The summed E-state index contributed by atoms with van der Waals surface area (Å²) in [6, 6.07) is 13.5. The summed E-state index contributed by atoms with van der Waals surface area (Å²) in [6.45, 7) is 5.02. The molecule has 1 fully saturated rings. The van der Waals surface area contributed by atoms with Crippen LogP contribution < -0.4 is 14.8 Å². The number of aryl methyl sites for hydroxylation is 2. The first-order valence-corrected chi connectivity index (χ1v) is 11.1. The minimum Gasteiger partial charge on any atom is -0.488 e. The molecule has 1 aromatic heterocycles. The molecule has 2 aromatic carbocycles. The molecule has 9 heteroatoms. The first-order valence-electron chi connectivity index (χ1n) is 11.1. The van der Waals surface area contributed by atoms with Crippen molar-refractivity contribution in [3.63, 3.8) is 0 Å². The molecule has 1 aliphatic rings. The van der Waals surface area contributed by atoms with E-state index in [2.05, 4.69) is 10.4 Å². The van der Waals surface area contributed by atoms with Gasteiger partial charge in [-0.15, -0.1) is 0 Å². The third-order valence-electron chi connectivity index (χ3n) is 5.57. The van der Waals surface area contributed by atoms with Gasteiger partial charge in [-0.2, -0.15) is 5.10 Å². The number of nitrogens with one attached hydrogen (secondary N) is 1. The number of anilines is 1. The largest absolute Gasteiger partial charge is 0.488 e. The summed E-state index contributed by atoms with van der Waals surface area (Å²) >= 11 is 0. The Morgan fingerprint density at radius 2 is 1.76 bits per heavy atom. The van der Waals surface area contributed by atoms with Crippen LogP contribution in [-0.2, 0) is 7.05 Å². The second-order valence-electron chi connectivity index (χ2n) is 8.33. The van der Waals surface area contributed by atoms with E-state index in [0.29, 0.717) is 34.2 Å². The molecule has 9 nitrogen and oxygen atoms in total. The standard InChI is InChI=1S/C25H28N4O5/c1-16-11-23(27-28(16)3)26-24(31)19-12-21(33-17(2)15-30)14-22(13-19)34-20-7-5-18(6-8-20)25(32)29-9-4-10-29/h5-8,11-14,17,30H,4,9-10,15H2,1-3H3,(H,26,27,31). The highest BCUT2D eigenvalue weighted by Crippen LogP contribution is 2.29. The summed E-state index contributed by atoms with van der Waals surface area (Å²) in [7, 11) is 1.80. The van der Waals surface area contributed by atoms with E-state index >= 15 is 0 Å². The number of ether oxygens (including phenoxy) is 2. The Morgan fingerprint density at radius 3 is 2.35 bits per heavy atom. The lowest BCUT2D eigenvalue weighted by Gasteiger charge is -2.30. The summed E-state index contributed by atoms with van der Waals surface area (Å²) in [5.74, 6) is 1.34. The summed E-state index contributed by atoms with van der Waals surface area (Å²) < 4.78 is 13.4. The lowest BCUT2D eigenvalue weighted by molar-refractivity contribution is 0.0651. The van der Waals surface area contributed by atoms with Gasteiger partial charge in [0.05, 0.1) is 6.61 Å². The molecule has 0 bridgehead atoms. The molecule has 1 saturated heterocycles. The van der Waals surface area contributed by atoms with E-state index in [4.69, 9.17) is 9.47 Å². The highest BCUT2D eigenvalue weighted by molar-refractivity contribution is 6.04. The third kappa shape index (κ3) is 5.37. The van der Waals surface area contributed by atoms with Crippen LogP contribution in [-0.4, -0.2) is 57.4 Å². The summed E-state index contributed by atoms with van der Waals surface area (Å²) in [5.41, 5.74) is 1.82. The van der Waals surface area contributed by atoms with Crippen LogP contribution in [0.3, 0.4) is 0 Å². The Hall–Kier alpha value is -3.85. The molecular formula is C25H28N4O5. The fourth-order valence-corrected chi connectivity index (χ4v) is 3.41. The van der Waals surface area contributed by atoms with Crippen molar-refractivity contribution in [2.75, 3.05) is 25.0 Å². The van der Waals surface area contributed by atoms with Gasteiger partial charge in [-0.3, -0.25) is 14.3 Å². The first-order chi connectivity index (χ1) is 16.3. The maximum absolute atomic E-state index is 12.9.